The highest BCUT2D eigenvalue weighted by Gasteiger charge is 2.08. The fraction of sp³-hybridized carbons (Fsp3) is 0.0909. The van der Waals surface area contributed by atoms with Gasteiger partial charge in [-0.1, -0.05) is 24.3 Å². The number of hydrogen-bond donors (Lipinski definition) is 1. The second kappa shape index (κ2) is 10.4. The zero-order chi connectivity index (χ0) is 20.6. The summed E-state index contributed by atoms with van der Waals surface area (Å²) in [5, 5.41) is 4.02. The van der Waals surface area contributed by atoms with Gasteiger partial charge in [0.25, 0.3) is 5.91 Å². The van der Waals surface area contributed by atoms with Crippen LogP contribution in [0.25, 0.3) is 0 Å². The Morgan fingerprint density at radius 3 is 2.59 bits per heavy atom. The van der Waals surface area contributed by atoms with E-state index in [2.05, 4.69) is 49.0 Å². The average molecular weight is 565 g/mol. The van der Waals surface area contributed by atoms with Crippen LogP contribution < -0.4 is 14.9 Å². The molecule has 0 unspecified atom stereocenters. The molecule has 0 aliphatic heterocycles. The van der Waals surface area contributed by atoms with Gasteiger partial charge in [-0.2, -0.15) is 5.10 Å². The van der Waals surface area contributed by atoms with Crippen LogP contribution >= 0.6 is 38.5 Å². The first-order chi connectivity index (χ1) is 14.1. The Bertz CT molecular complexity index is 1020. The number of nitrogens with one attached hydrogen (secondary N) is 1. The molecule has 0 radical (unpaired) electrons. The van der Waals surface area contributed by atoms with Crippen LogP contribution in [-0.4, -0.2) is 19.2 Å². The second-order valence-corrected chi connectivity index (χ2v) is 8.10. The molecule has 0 saturated carbocycles. The van der Waals surface area contributed by atoms with E-state index >= 15 is 0 Å². The van der Waals surface area contributed by atoms with Crippen LogP contribution in [0, 0.1) is 3.57 Å². The predicted octanol–water partition coefficient (Wildman–Crippen LogP) is 5.41. The third-order valence-electron chi connectivity index (χ3n) is 3.99. The highest BCUT2D eigenvalue weighted by Crippen LogP contribution is 2.28. The number of amides is 1. The lowest BCUT2D eigenvalue weighted by atomic mass is 10.2. The van der Waals surface area contributed by atoms with Crippen LogP contribution in [0.15, 0.2) is 76.3 Å². The SMILES string of the molecule is COc1cc(/C=N\NC(=O)c2ccccc2Br)ccc1OCc1ccc(I)cc1. The van der Waals surface area contributed by atoms with E-state index in [1.807, 2.05) is 42.5 Å². The molecule has 7 heteroatoms. The molecule has 29 heavy (non-hydrogen) atoms. The fourth-order valence-corrected chi connectivity index (χ4v) is 3.32. The van der Waals surface area contributed by atoms with Crippen LogP contribution in [0.4, 0.5) is 0 Å². The maximum absolute atomic E-state index is 12.2. The Morgan fingerprint density at radius 1 is 1.10 bits per heavy atom. The zero-order valence-corrected chi connectivity index (χ0v) is 19.3. The van der Waals surface area contributed by atoms with Crippen molar-refractivity contribution in [3.05, 3.63) is 91.5 Å². The molecule has 0 bridgehead atoms. The third-order valence-corrected chi connectivity index (χ3v) is 5.40. The van der Waals surface area contributed by atoms with Gasteiger partial charge in [-0.25, -0.2) is 5.43 Å². The van der Waals surface area contributed by atoms with Crippen molar-refractivity contribution in [1.82, 2.24) is 5.43 Å². The highest BCUT2D eigenvalue weighted by atomic mass is 127. The van der Waals surface area contributed by atoms with E-state index in [0.717, 1.165) is 11.1 Å². The smallest absolute Gasteiger partial charge is 0.272 e. The van der Waals surface area contributed by atoms with Crippen LogP contribution in [0.5, 0.6) is 11.5 Å². The van der Waals surface area contributed by atoms with Crippen molar-refractivity contribution >= 4 is 50.6 Å². The summed E-state index contributed by atoms with van der Waals surface area (Å²) in [6.07, 6.45) is 1.56. The van der Waals surface area contributed by atoms with Crippen LogP contribution in [0.2, 0.25) is 0 Å². The molecule has 3 aromatic rings. The van der Waals surface area contributed by atoms with Gasteiger partial charge in [0, 0.05) is 8.04 Å². The summed E-state index contributed by atoms with van der Waals surface area (Å²) >= 11 is 5.62. The standard InChI is InChI=1S/C22H18BrIN2O3/c1-28-21-12-16(13-25-26-22(27)18-4-2-3-5-19(18)23)8-11-20(21)29-14-15-6-9-17(24)10-7-15/h2-13H,14H2,1H3,(H,26,27)/b25-13-. The first-order valence-corrected chi connectivity index (χ1v) is 10.6. The molecule has 1 N–H and O–H groups in total. The molecule has 5 nitrogen and oxygen atoms in total. The molecular weight excluding hydrogens is 547 g/mol. The van der Waals surface area contributed by atoms with Crippen LogP contribution in [-0.2, 0) is 6.61 Å². The van der Waals surface area contributed by atoms with Gasteiger partial charge in [0.05, 0.1) is 18.9 Å². The van der Waals surface area contributed by atoms with E-state index in [1.54, 1.807) is 37.6 Å². The minimum atomic E-state index is -0.293. The minimum absolute atomic E-state index is 0.293. The number of rotatable bonds is 7. The number of carbonyl (C=O) groups excluding carboxylic acids is 1. The predicted molar refractivity (Wildman–Crippen MR) is 126 cm³/mol. The van der Waals surface area contributed by atoms with E-state index in [1.165, 1.54) is 3.57 Å². The van der Waals surface area contributed by atoms with Crippen LogP contribution in [0.1, 0.15) is 21.5 Å². The number of ether oxygens (including phenoxy) is 2. The molecule has 3 rings (SSSR count). The zero-order valence-electron chi connectivity index (χ0n) is 15.6. The van der Waals surface area contributed by atoms with Crippen molar-refractivity contribution in [2.45, 2.75) is 6.61 Å². The van der Waals surface area contributed by atoms with E-state index < -0.39 is 0 Å². The number of hydrogen-bond acceptors (Lipinski definition) is 4. The first-order valence-electron chi connectivity index (χ1n) is 8.70. The van der Waals surface area contributed by atoms with Gasteiger partial charge in [-0.15, -0.1) is 0 Å². The van der Waals surface area contributed by atoms with Gasteiger partial charge in [0.15, 0.2) is 11.5 Å². The van der Waals surface area contributed by atoms with Crippen molar-refractivity contribution in [2.24, 2.45) is 5.10 Å². The maximum Gasteiger partial charge on any atom is 0.272 e. The number of halogens is 2. The Hall–Kier alpha value is -2.39. The van der Waals surface area contributed by atoms with Crippen molar-refractivity contribution in [3.8, 4) is 11.5 Å². The lowest BCUT2D eigenvalue weighted by Gasteiger charge is -2.11. The summed E-state index contributed by atoms with van der Waals surface area (Å²) in [5.41, 5.74) is 4.89. The molecule has 0 saturated heterocycles. The van der Waals surface area contributed by atoms with Crippen LogP contribution in [0.3, 0.4) is 0 Å². The topological polar surface area (TPSA) is 59.9 Å². The third kappa shape index (κ3) is 6.04. The summed E-state index contributed by atoms with van der Waals surface area (Å²) < 4.78 is 13.2. The Labute approximate surface area is 191 Å². The van der Waals surface area contributed by atoms with Gasteiger partial charge in [0.1, 0.15) is 6.61 Å². The number of hydrazone groups is 1. The summed E-state index contributed by atoms with van der Waals surface area (Å²) in [7, 11) is 1.59. The van der Waals surface area contributed by atoms with Gasteiger partial charge in [-0.05, 0) is 92.1 Å². The van der Waals surface area contributed by atoms with Crippen molar-refractivity contribution in [3.63, 3.8) is 0 Å². The fourth-order valence-electron chi connectivity index (χ4n) is 2.50. The number of carbonyl (C=O) groups is 1. The van der Waals surface area contributed by atoms with Gasteiger partial charge >= 0.3 is 0 Å². The maximum atomic E-state index is 12.2. The summed E-state index contributed by atoms with van der Waals surface area (Å²) in [6.45, 7) is 0.447. The number of methoxy groups -OCH3 is 1. The molecule has 0 atom stereocenters. The molecule has 0 aromatic heterocycles. The molecular formula is C22H18BrIN2O3. The second-order valence-electron chi connectivity index (χ2n) is 6.00. The van der Waals surface area contributed by atoms with Crippen molar-refractivity contribution in [2.75, 3.05) is 7.11 Å². The van der Waals surface area contributed by atoms with Crippen molar-refractivity contribution in [1.29, 1.82) is 0 Å². The average Bonchev–Trinajstić information content (AvgIpc) is 2.74. The van der Waals surface area contributed by atoms with E-state index in [0.29, 0.717) is 28.1 Å². The summed E-state index contributed by atoms with van der Waals surface area (Å²) in [4.78, 5) is 12.2. The molecule has 0 aliphatic rings. The van der Waals surface area contributed by atoms with Gasteiger partial charge < -0.3 is 9.47 Å². The quantitative estimate of drug-likeness (QED) is 0.237. The van der Waals surface area contributed by atoms with Gasteiger partial charge in [-0.3, -0.25) is 4.79 Å². The lowest BCUT2D eigenvalue weighted by molar-refractivity contribution is 0.0954. The number of nitrogens with zero attached hydrogens (tertiary/aromatic N) is 1. The molecule has 148 valence electrons. The number of benzene rings is 3. The lowest BCUT2D eigenvalue weighted by Crippen LogP contribution is -2.18. The molecule has 0 aliphatic carbocycles. The monoisotopic (exact) mass is 564 g/mol. The Balaban J connectivity index is 1.63. The van der Waals surface area contributed by atoms with Gasteiger partial charge in [0.2, 0.25) is 0 Å². The molecule has 3 aromatic carbocycles. The Kier molecular flexibility index (Phi) is 7.65. The van der Waals surface area contributed by atoms with E-state index in [9.17, 15) is 4.79 Å². The molecule has 1 amide bonds. The molecule has 0 fully saturated rings. The largest absolute Gasteiger partial charge is 0.493 e. The summed E-state index contributed by atoms with van der Waals surface area (Å²) in [6, 6.07) is 20.8. The first kappa shape index (κ1) is 21.3. The van der Waals surface area contributed by atoms with Crippen molar-refractivity contribution < 1.29 is 14.3 Å². The molecule has 0 spiro atoms. The van der Waals surface area contributed by atoms with E-state index in [4.69, 9.17) is 9.47 Å². The van der Waals surface area contributed by atoms with E-state index in [-0.39, 0.29) is 5.91 Å². The summed E-state index contributed by atoms with van der Waals surface area (Å²) in [5.74, 6) is 0.940. The molecule has 0 heterocycles. The minimum Gasteiger partial charge on any atom is -0.493 e. The highest BCUT2D eigenvalue weighted by molar-refractivity contribution is 14.1. The Morgan fingerprint density at radius 2 is 1.86 bits per heavy atom. The normalized spacial score (nSPS) is 10.7.